The summed E-state index contributed by atoms with van der Waals surface area (Å²) in [6.07, 6.45) is 0.849. The molecule has 5 nitrogen and oxygen atoms in total. The van der Waals surface area contributed by atoms with Crippen LogP contribution in [0.15, 0.2) is 12.1 Å². The Bertz CT molecular complexity index is 633. The van der Waals surface area contributed by atoms with Crippen molar-refractivity contribution >= 4 is 34.7 Å². The number of hydrogen-bond donors (Lipinski definition) is 2. The van der Waals surface area contributed by atoms with Crippen LogP contribution in [0.3, 0.4) is 0 Å². The van der Waals surface area contributed by atoms with Gasteiger partial charge in [-0.15, -0.1) is 10.2 Å². The van der Waals surface area contributed by atoms with Gasteiger partial charge in [0.05, 0.1) is 17.3 Å². The first kappa shape index (κ1) is 15.7. The molecule has 0 saturated heterocycles. The van der Waals surface area contributed by atoms with Crippen LogP contribution in [0, 0.1) is 13.8 Å². The van der Waals surface area contributed by atoms with Gasteiger partial charge >= 0.3 is 6.03 Å². The number of carbonyl (C=O) groups is 1. The fourth-order valence-electron chi connectivity index (χ4n) is 1.89. The lowest BCUT2D eigenvalue weighted by molar-refractivity contribution is 0.251. The minimum absolute atomic E-state index is 0.308. The normalized spacial score (nSPS) is 10.5. The van der Waals surface area contributed by atoms with E-state index in [4.69, 9.17) is 11.6 Å². The molecule has 0 aliphatic carbocycles. The van der Waals surface area contributed by atoms with Crippen molar-refractivity contribution in [1.82, 2.24) is 15.5 Å². The van der Waals surface area contributed by atoms with Crippen LogP contribution in [0.5, 0.6) is 0 Å². The highest BCUT2D eigenvalue weighted by Gasteiger charge is 2.10. The summed E-state index contributed by atoms with van der Waals surface area (Å²) >= 11 is 7.65. The first-order valence-corrected chi connectivity index (χ1v) is 7.82. The molecule has 0 unspecified atom stereocenters. The summed E-state index contributed by atoms with van der Waals surface area (Å²) in [6.45, 7) is 6.24. The molecule has 0 spiro atoms. The maximum atomic E-state index is 11.9. The predicted molar refractivity (Wildman–Crippen MR) is 86.1 cm³/mol. The van der Waals surface area contributed by atoms with Crippen molar-refractivity contribution in [1.29, 1.82) is 0 Å². The number of amides is 2. The SMILES string of the molecule is CCc1nnc(CNC(=O)Nc2c(C)cc(C)cc2Cl)s1. The van der Waals surface area contributed by atoms with Gasteiger partial charge < -0.3 is 10.6 Å². The van der Waals surface area contributed by atoms with Crippen molar-refractivity contribution in [2.45, 2.75) is 33.7 Å². The highest BCUT2D eigenvalue weighted by atomic mass is 35.5. The standard InChI is InChI=1S/C14H17ClN4OS/c1-4-11-18-19-12(21-11)7-16-14(20)17-13-9(3)5-8(2)6-10(13)15/h5-6H,4,7H2,1-3H3,(H2,16,17,20). The summed E-state index contributed by atoms with van der Waals surface area (Å²) < 4.78 is 0. The molecule has 0 saturated carbocycles. The molecule has 0 radical (unpaired) electrons. The zero-order valence-corrected chi connectivity index (χ0v) is 13.7. The summed E-state index contributed by atoms with van der Waals surface area (Å²) in [6, 6.07) is 3.49. The lowest BCUT2D eigenvalue weighted by atomic mass is 10.1. The second-order valence-electron chi connectivity index (χ2n) is 4.69. The van der Waals surface area contributed by atoms with E-state index in [1.165, 1.54) is 11.3 Å². The topological polar surface area (TPSA) is 66.9 Å². The van der Waals surface area contributed by atoms with Crippen molar-refractivity contribution in [2.75, 3.05) is 5.32 Å². The van der Waals surface area contributed by atoms with E-state index in [0.29, 0.717) is 17.3 Å². The van der Waals surface area contributed by atoms with Gasteiger partial charge in [0.25, 0.3) is 0 Å². The monoisotopic (exact) mass is 324 g/mol. The molecular weight excluding hydrogens is 308 g/mol. The number of aryl methyl sites for hydroxylation is 3. The summed E-state index contributed by atoms with van der Waals surface area (Å²) in [5.74, 6) is 0. The van der Waals surface area contributed by atoms with Gasteiger partial charge in [-0.2, -0.15) is 0 Å². The number of halogens is 1. The van der Waals surface area contributed by atoms with Crippen LogP contribution in [0.4, 0.5) is 10.5 Å². The summed E-state index contributed by atoms with van der Waals surface area (Å²) in [7, 11) is 0. The van der Waals surface area contributed by atoms with E-state index in [1.54, 1.807) is 0 Å². The number of carbonyl (C=O) groups excluding carboxylic acids is 1. The third-order valence-electron chi connectivity index (χ3n) is 2.88. The second-order valence-corrected chi connectivity index (χ2v) is 6.24. The molecule has 0 bridgehead atoms. The van der Waals surface area contributed by atoms with E-state index < -0.39 is 0 Å². The van der Waals surface area contributed by atoms with Gasteiger partial charge in [0.15, 0.2) is 0 Å². The van der Waals surface area contributed by atoms with Gasteiger partial charge in [0.2, 0.25) is 0 Å². The number of benzene rings is 1. The number of hydrogen-bond acceptors (Lipinski definition) is 4. The molecule has 0 aliphatic heterocycles. The van der Waals surface area contributed by atoms with E-state index in [9.17, 15) is 4.79 Å². The average Bonchev–Trinajstić information content (AvgIpc) is 2.88. The molecule has 112 valence electrons. The number of urea groups is 1. The quantitative estimate of drug-likeness (QED) is 0.901. The molecule has 2 aromatic rings. The van der Waals surface area contributed by atoms with Crippen LogP contribution in [0.1, 0.15) is 28.1 Å². The van der Waals surface area contributed by atoms with Gasteiger partial charge in [-0.3, -0.25) is 0 Å². The zero-order valence-electron chi connectivity index (χ0n) is 12.2. The molecule has 7 heteroatoms. The average molecular weight is 325 g/mol. The molecule has 0 aliphatic rings. The van der Waals surface area contributed by atoms with Crippen molar-refractivity contribution in [3.05, 3.63) is 38.3 Å². The molecule has 1 aromatic carbocycles. The van der Waals surface area contributed by atoms with E-state index in [-0.39, 0.29) is 6.03 Å². The molecule has 0 atom stereocenters. The molecule has 21 heavy (non-hydrogen) atoms. The van der Waals surface area contributed by atoms with Crippen LogP contribution >= 0.6 is 22.9 Å². The van der Waals surface area contributed by atoms with E-state index in [2.05, 4.69) is 20.8 Å². The van der Waals surface area contributed by atoms with Gasteiger partial charge in [-0.1, -0.05) is 35.9 Å². The smallest absolute Gasteiger partial charge is 0.319 e. The van der Waals surface area contributed by atoms with Crippen LogP contribution < -0.4 is 10.6 Å². The number of anilines is 1. The zero-order chi connectivity index (χ0) is 15.4. The molecule has 1 aromatic heterocycles. The van der Waals surface area contributed by atoms with Gasteiger partial charge in [0, 0.05) is 0 Å². The van der Waals surface area contributed by atoms with Crippen LogP contribution in [-0.4, -0.2) is 16.2 Å². The molecule has 2 rings (SSSR count). The maximum Gasteiger partial charge on any atom is 0.319 e. The van der Waals surface area contributed by atoms with E-state index >= 15 is 0 Å². The van der Waals surface area contributed by atoms with Crippen molar-refractivity contribution < 1.29 is 4.79 Å². The molecule has 2 N–H and O–H groups in total. The highest BCUT2D eigenvalue weighted by molar-refractivity contribution is 7.11. The third kappa shape index (κ3) is 4.15. The highest BCUT2D eigenvalue weighted by Crippen LogP contribution is 2.27. The lowest BCUT2D eigenvalue weighted by Crippen LogP contribution is -2.28. The molecular formula is C14H17ClN4OS. The van der Waals surface area contributed by atoms with Gasteiger partial charge in [-0.25, -0.2) is 4.79 Å². The van der Waals surface area contributed by atoms with Crippen LogP contribution in [-0.2, 0) is 13.0 Å². The fraction of sp³-hybridized carbons (Fsp3) is 0.357. The van der Waals surface area contributed by atoms with Gasteiger partial charge in [-0.05, 0) is 37.5 Å². The number of nitrogens with zero attached hydrogens (tertiary/aromatic N) is 2. The summed E-state index contributed by atoms with van der Waals surface area (Å²) in [5.41, 5.74) is 2.62. The van der Waals surface area contributed by atoms with Crippen molar-refractivity contribution in [3.63, 3.8) is 0 Å². The Labute approximate surface area is 132 Å². The lowest BCUT2D eigenvalue weighted by Gasteiger charge is -2.11. The largest absolute Gasteiger partial charge is 0.331 e. The number of aromatic nitrogens is 2. The molecule has 2 amide bonds. The number of rotatable bonds is 4. The van der Waals surface area contributed by atoms with Crippen LogP contribution in [0.2, 0.25) is 5.02 Å². The minimum atomic E-state index is -0.308. The Morgan fingerprint density at radius 1 is 1.29 bits per heavy atom. The van der Waals surface area contributed by atoms with E-state index in [0.717, 1.165) is 27.6 Å². The molecule has 0 fully saturated rings. The van der Waals surface area contributed by atoms with Crippen molar-refractivity contribution in [2.24, 2.45) is 0 Å². The third-order valence-corrected chi connectivity index (χ3v) is 4.25. The molecule has 1 heterocycles. The first-order valence-electron chi connectivity index (χ1n) is 6.62. The van der Waals surface area contributed by atoms with E-state index in [1.807, 2.05) is 32.9 Å². The second kappa shape index (κ2) is 6.87. The van der Waals surface area contributed by atoms with Crippen molar-refractivity contribution in [3.8, 4) is 0 Å². The summed E-state index contributed by atoms with van der Waals surface area (Å²) in [5, 5.41) is 15.8. The Morgan fingerprint density at radius 3 is 2.62 bits per heavy atom. The maximum absolute atomic E-state index is 11.9. The predicted octanol–water partition coefficient (Wildman–Crippen LogP) is 3.69. The Morgan fingerprint density at radius 2 is 2.00 bits per heavy atom. The summed E-state index contributed by atoms with van der Waals surface area (Å²) in [4.78, 5) is 11.9. The number of nitrogens with one attached hydrogen (secondary N) is 2. The Kier molecular flexibility index (Phi) is 5.14. The minimum Gasteiger partial charge on any atom is -0.331 e. The van der Waals surface area contributed by atoms with Gasteiger partial charge in [0.1, 0.15) is 10.0 Å². The first-order chi connectivity index (χ1) is 9.99. The Hall–Kier alpha value is -1.66. The Balaban J connectivity index is 1.96. The van der Waals surface area contributed by atoms with Crippen LogP contribution in [0.25, 0.3) is 0 Å². The fourth-order valence-corrected chi connectivity index (χ4v) is 2.98.